The van der Waals surface area contributed by atoms with Crippen LogP contribution in [0.4, 0.5) is 21.2 Å². The fourth-order valence-corrected chi connectivity index (χ4v) is 11.0. The molecule has 48 heavy (non-hydrogen) atoms. The number of aliphatic hydroxyl groups excluding tert-OH is 1. The van der Waals surface area contributed by atoms with E-state index >= 15 is 4.11 Å². The quantitative estimate of drug-likeness (QED) is 0.249. The SMILES string of the molecule is C[C@@H]1[C@@H]([Si](C)(C)F)[C@H](CCn2cc(CCO)nn2)O[C@@]12C(=O)N(Cc1cccc(N3CCCC3=O)c1)c1ccc(N3CCCC3=O)cc12. The lowest BCUT2D eigenvalue weighted by atomic mass is 9.82. The minimum atomic E-state index is -3.39. The molecule has 1 spiro atoms. The van der Waals surface area contributed by atoms with Gasteiger partial charge in [-0.3, -0.25) is 19.1 Å². The number of halogens is 1. The number of hydrogen-bond acceptors (Lipinski definition) is 7. The molecule has 3 amide bonds. The summed E-state index contributed by atoms with van der Waals surface area (Å²) in [5, 5.41) is 17.6. The van der Waals surface area contributed by atoms with E-state index in [1.54, 1.807) is 38.7 Å². The Morgan fingerprint density at radius 1 is 1.02 bits per heavy atom. The molecular formula is C35H43FN6O5Si. The van der Waals surface area contributed by atoms with E-state index in [0.717, 1.165) is 24.1 Å². The Morgan fingerprint density at radius 2 is 1.73 bits per heavy atom. The van der Waals surface area contributed by atoms with Crippen molar-refractivity contribution >= 4 is 43.2 Å². The molecule has 0 aliphatic carbocycles. The molecule has 0 radical (unpaired) electrons. The minimum absolute atomic E-state index is 0.0299. The third kappa shape index (κ3) is 5.55. The van der Waals surface area contributed by atoms with Crippen LogP contribution < -0.4 is 14.7 Å². The van der Waals surface area contributed by atoms with Gasteiger partial charge in [-0.2, -0.15) is 0 Å². The largest absolute Gasteiger partial charge is 0.396 e. The van der Waals surface area contributed by atoms with Crippen LogP contribution in [0.25, 0.3) is 0 Å². The molecule has 254 valence electrons. The van der Waals surface area contributed by atoms with Crippen molar-refractivity contribution in [3.8, 4) is 0 Å². The number of amides is 3. The number of rotatable bonds is 10. The number of carbonyl (C=O) groups excluding carboxylic acids is 3. The van der Waals surface area contributed by atoms with Crippen LogP contribution in [0.5, 0.6) is 0 Å². The van der Waals surface area contributed by atoms with Gasteiger partial charge in [-0.05, 0) is 68.3 Å². The molecule has 2 aromatic carbocycles. The Bertz CT molecular complexity index is 1740. The van der Waals surface area contributed by atoms with Gasteiger partial charge in [0, 0.05) is 80.1 Å². The van der Waals surface area contributed by atoms with E-state index in [1.165, 1.54) is 0 Å². The van der Waals surface area contributed by atoms with Crippen LogP contribution >= 0.6 is 0 Å². The van der Waals surface area contributed by atoms with E-state index in [4.69, 9.17) is 4.74 Å². The summed E-state index contributed by atoms with van der Waals surface area (Å²) in [4.78, 5) is 45.5. The van der Waals surface area contributed by atoms with Gasteiger partial charge in [0.05, 0.1) is 24.0 Å². The number of ether oxygens (including phenoxy) is 1. The lowest BCUT2D eigenvalue weighted by molar-refractivity contribution is -0.146. The van der Waals surface area contributed by atoms with Gasteiger partial charge in [0.2, 0.25) is 20.2 Å². The Hall–Kier alpha value is -3.94. The molecular weight excluding hydrogens is 632 g/mol. The molecule has 4 aliphatic rings. The highest BCUT2D eigenvalue weighted by Gasteiger charge is 2.66. The summed E-state index contributed by atoms with van der Waals surface area (Å²) < 4.78 is 25.0. The number of anilines is 3. The molecule has 1 aromatic heterocycles. The maximum Gasteiger partial charge on any atom is 0.264 e. The zero-order valence-electron chi connectivity index (χ0n) is 27.8. The fourth-order valence-electron chi connectivity index (χ4n) is 8.41. The molecule has 4 atom stereocenters. The third-order valence-corrected chi connectivity index (χ3v) is 13.0. The molecule has 4 aliphatic heterocycles. The minimum Gasteiger partial charge on any atom is -0.396 e. The predicted octanol–water partition coefficient (Wildman–Crippen LogP) is 4.48. The lowest BCUT2D eigenvalue weighted by Gasteiger charge is -2.31. The summed E-state index contributed by atoms with van der Waals surface area (Å²) in [5.41, 5.74) is 2.49. The molecule has 0 unspecified atom stereocenters. The molecule has 5 heterocycles. The fraction of sp³-hybridized carbons (Fsp3) is 0.514. The zero-order valence-corrected chi connectivity index (χ0v) is 28.8. The van der Waals surface area contributed by atoms with Crippen molar-refractivity contribution in [1.82, 2.24) is 15.0 Å². The summed E-state index contributed by atoms with van der Waals surface area (Å²) in [7, 11) is -3.39. The monoisotopic (exact) mass is 674 g/mol. The highest BCUT2D eigenvalue weighted by atomic mass is 28.4. The van der Waals surface area contributed by atoms with E-state index in [1.807, 2.05) is 49.4 Å². The topological polar surface area (TPSA) is 121 Å². The molecule has 3 aromatic rings. The number of aliphatic hydroxyl groups is 1. The van der Waals surface area contributed by atoms with Gasteiger partial charge >= 0.3 is 0 Å². The third-order valence-electron chi connectivity index (χ3n) is 10.6. The van der Waals surface area contributed by atoms with Gasteiger partial charge < -0.3 is 28.7 Å². The van der Waals surface area contributed by atoms with Gasteiger partial charge in [0.15, 0.2) is 5.60 Å². The molecule has 7 rings (SSSR count). The maximum absolute atomic E-state index is 16.4. The maximum atomic E-state index is 16.4. The average Bonchev–Trinajstić information content (AvgIpc) is 3.87. The van der Waals surface area contributed by atoms with Gasteiger partial charge in [-0.1, -0.05) is 24.3 Å². The number of nitrogens with zero attached hydrogens (tertiary/aromatic N) is 6. The van der Waals surface area contributed by atoms with Crippen molar-refractivity contribution < 1.29 is 28.3 Å². The van der Waals surface area contributed by atoms with Crippen LogP contribution in [-0.2, 0) is 44.2 Å². The summed E-state index contributed by atoms with van der Waals surface area (Å²) in [6.07, 6.45) is 4.63. The van der Waals surface area contributed by atoms with Gasteiger partial charge in [-0.25, -0.2) is 0 Å². The molecule has 3 saturated heterocycles. The smallest absolute Gasteiger partial charge is 0.264 e. The first-order valence-corrected chi connectivity index (χ1v) is 20.0. The Morgan fingerprint density at radius 3 is 2.38 bits per heavy atom. The van der Waals surface area contributed by atoms with Crippen molar-refractivity contribution in [3.63, 3.8) is 0 Å². The Balaban J connectivity index is 1.26. The predicted molar refractivity (Wildman–Crippen MR) is 181 cm³/mol. The van der Waals surface area contributed by atoms with Crippen LogP contribution in [0.2, 0.25) is 18.6 Å². The van der Waals surface area contributed by atoms with E-state index in [-0.39, 0.29) is 30.9 Å². The second-order valence-electron chi connectivity index (χ2n) is 14.1. The first-order valence-electron chi connectivity index (χ1n) is 17.0. The molecule has 0 saturated carbocycles. The highest BCUT2D eigenvalue weighted by Crippen LogP contribution is 2.60. The number of hydrogen-bond donors (Lipinski definition) is 1. The van der Waals surface area contributed by atoms with Gasteiger partial charge in [0.1, 0.15) is 0 Å². The molecule has 11 nitrogen and oxygen atoms in total. The highest BCUT2D eigenvalue weighted by molar-refractivity contribution is 6.72. The first-order chi connectivity index (χ1) is 23.0. The Labute approximate surface area is 280 Å². The van der Waals surface area contributed by atoms with E-state index in [0.29, 0.717) is 67.9 Å². The van der Waals surface area contributed by atoms with Crippen LogP contribution in [0.15, 0.2) is 48.7 Å². The van der Waals surface area contributed by atoms with Gasteiger partial charge in [0.25, 0.3) is 5.91 Å². The summed E-state index contributed by atoms with van der Waals surface area (Å²) >= 11 is 0. The first kappa shape index (κ1) is 32.6. The standard InChI is InChI=1S/C35H43FN6O5Si/c1-23-33(48(2,3)36)30(13-17-39-22-25(14-18-43)37-38-39)47-35(23)28-20-27(41-16-6-10-32(41)45)11-12-29(28)42(34(35)46)21-24-7-4-8-26(19-24)40-15-5-9-31(40)44/h4,7-8,11-12,19-20,22-23,30,33,43H,5-6,9-10,13-18,21H2,1-3H3/t23-,30+,33-,35+/m1/s1. The van der Waals surface area contributed by atoms with Crippen LogP contribution in [0.3, 0.4) is 0 Å². The van der Waals surface area contributed by atoms with Gasteiger partial charge in [-0.15, -0.1) is 5.10 Å². The second kappa shape index (κ2) is 12.5. The average molecular weight is 675 g/mol. The van der Waals surface area contributed by atoms with E-state index in [9.17, 15) is 19.5 Å². The molecule has 13 heteroatoms. The van der Waals surface area contributed by atoms with E-state index in [2.05, 4.69) is 10.3 Å². The summed E-state index contributed by atoms with van der Waals surface area (Å²) in [6.45, 7) is 7.21. The van der Waals surface area contributed by atoms with Crippen LogP contribution in [0.1, 0.15) is 55.8 Å². The van der Waals surface area contributed by atoms with Crippen molar-refractivity contribution in [2.45, 2.75) is 88.9 Å². The second-order valence-corrected chi connectivity index (χ2v) is 17.9. The number of aryl methyl sites for hydroxylation is 1. The molecule has 0 bridgehead atoms. The number of benzene rings is 2. The number of aromatic nitrogens is 3. The van der Waals surface area contributed by atoms with Crippen LogP contribution in [0, 0.1) is 5.92 Å². The van der Waals surface area contributed by atoms with Crippen molar-refractivity contribution in [1.29, 1.82) is 0 Å². The zero-order chi connectivity index (χ0) is 33.8. The number of fused-ring (bicyclic) bond motifs is 2. The summed E-state index contributed by atoms with van der Waals surface area (Å²) in [5.74, 6) is -0.588. The molecule has 1 N–H and O–H groups in total. The van der Waals surface area contributed by atoms with E-state index < -0.39 is 31.6 Å². The van der Waals surface area contributed by atoms with Crippen molar-refractivity contribution in [2.75, 3.05) is 34.4 Å². The van der Waals surface area contributed by atoms with Crippen LogP contribution in [-0.4, -0.2) is 72.0 Å². The number of carbonyl (C=O) groups is 3. The normalized spacial score (nSPS) is 25.7. The van der Waals surface area contributed by atoms with Crippen molar-refractivity contribution in [3.05, 3.63) is 65.5 Å². The molecule has 3 fully saturated rings. The summed E-state index contributed by atoms with van der Waals surface area (Å²) in [6, 6.07) is 13.4. The lowest BCUT2D eigenvalue weighted by Crippen LogP contribution is -2.45. The van der Waals surface area contributed by atoms with Crippen molar-refractivity contribution in [2.24, 2.45) is 5.92 Å². The Kier molecular flexibility index (Phi) is 8.49.